The monoisotopic (exact) mass is 285 g/mol. The van der Waals surface area contributed by atoms with Crippen LogP contribution in [-0.4, -0.2) is 65.5 Å². The van der Waals surface area contributed by atoms with E-state index in [1.807, 2.05) is 0 Å². The Hall–Kier alpha value is -0.980. The number of nitrogens with zero attached hydrogens (tertiary/aromatic N) is 3. The zero-order chi connectivity index (χ0) is 13.9. The lowest BCUT2D eigenvalue weighted by atomic mass is 9.98. The van der Waals surface area contributed by atoms with Gasteiger partial charge in [-0.25, -0.2) is 4.18 Å². The van der Waals surface area contributed by atoms with E-state index in [1.165, 1.54) is 0 Å². The van der Waals surface area contributed by atoms with E-state index in [0.29, 0.717) is 0 Å². The lowest BCUT2D eigenvalue weighted by Gasteiger charge is -2.38. The van der Waals surface area contributed by atoms with Crippen molar-refractivity contribution < 1.29 is 37.2 Å². The molecule has 5 atom stereocenters. The van der Waals surface area contributed by atoms with Crippen molar-refractivity contribution in [3.8, 4) is 0 Å². The summed E-state index contributed by atoms with van der Waals surface area (Å²) < 4.78 is 37.6. The number of ether oxygens (including phenoxy) is 1. The summed E-state index contributed by atoms with van der Waals surface area (Å²) in [6.45, 7) is -0.822. The predicted molar refractivity (Wildman–Crippen MR) is 53.3 cm³/mol. The molecule has 4 N–H and O–H groups in total. The number of rotatable bonds is 4. The third-order valence-corrected chi connectivity index (χ3v) is 2.69. The van der Waals surface area contributed by atoms with Gasteiger partial charge in [0, 0.05) is 4.91 Å². The Labute approximate surface area is 101 Å². The zero-order valence-electron chi connectivity index (χ0n) is 8.77. The Bertz CT molecular complexity index is 434. The molecule has 2 unspecified atom stereocenters. The molecule has 0 aromatic carbocycles. The molecule has 0 bridgehead atoms. The maximum Gasteiger partial charge on any atom is 0.397 e. The first-order valence-corrected chi connectivity index (χ1v) is 5.98. The molecule has 1 rings (SSSR count). The van der Waals surface area contributed by atoms with E-state index in [1.54, 1.807) is 0 Å². The fraction of sp³-hybridized carbons (Fsp3) is 1.00. The van der Waals surface area contributed by atoms with Crippen molar-refractivity contribution in [1.82, 2.24) is 0 Å². The van der Waals surface area contributed by atoms with Crippen LogP contribution < -0.4 is 0 Å². The highest BCUT2D eigenvalue weighted by atomic mass is 32.3. The Kier molecular flexibility index (Phi) is 4.84. The van der Waals surface area contributed by atoms with E-state index in [2.05, 4.69) is 14.2 Å². The summed E-state index contributed by atoms with van der Waals surface area (Å²) in [4.78, 5) is 2.35. The molecule has 1 fully saturated rings. The van der Waals surface area contributed by atoms with Crippen LogP contribution in [0.5, 0.6) is 0 Å². The lowest BCUT2D eigenvalue weighted by Crippen LogP contribution is -2.58. The van der Waals surface area contributed by atoms with Gasteiger partial charge in [0.15, 0.2) is 6.29 Å². The second kappa shape index (κ2) is 5.77. The molecule has 0 saturated carbocycles. The van der Waals surface area contributed by atoms with Crippen LogP contribution in [0.25, 0.3) is 10.4 Å². The Morgan fingerprint density at radius 1 is 1.33 bits per heavy atom. The molecule has 1 aliphatic heterocycles. The highest BCUT2D eigenvalue weighted by Crippen LogP contribution is 2.22. The molecular weight excluding hydrogens is 274 g/mol. The largest absolute Gasteiger partial charge is 0.397 e. The summed E-state index contributed by atoms with van der Waals surface area (Å²) >= 11 is 0. The van der Waals surface area contributed by atoms with E-state index in [0.717, 1.165) is 0 Å². The van der Waals surface area contributed by atoms with Gasteiger partial charge in [-0.2, -0.15) is 8.42 Å². The van der Waals surface area contributed by atoms with Crippen LogP contribution in [0.1, 0.15) is 0 Å². The number of hydrogen-bond acceptors (Lipinski definition) is 8. The second-order valence-electron chi connectivity index (χ2n) is 3.45. The van der Waals surface area contributed by atoms with Crippen LogP contribution in [0.15, 0.2) is 5.11 Å². The van der Waals surface area contributed by atoms with Crippen LogP contribution in [-0.2, 0) is 19.3 Å². The van der Waals surface area contributed by atoms with E-state index < -0.39 is 47.6 Å². The summed E-state index contributed by atoms with van der Waals surface area (Å²) in [7, 11) is -4.74. The number of azide groups is 1. The summed E-state index contributed by atoms with van der Waals surface area (Å²) in [5.74, 6) is 0. The van der Waals surface area contributed by atoms with Crippen LogP contribution in [0, 0.1) is 0 Å². The van der Waals surface area contributed by atoms with Gasteiger partial charge >= 0.3 is 10.4 Å². The fourth-order valence-electron chi connectivity index (χ4n) is 1.41. The third kappa shape index (κ3) is 3.76. The summed E-state index contributed by atoms with van der Waals surface area (Å²) in [5.41, 5.74) is 8.18. The molecule has 12 heteroatoms. The Morgan fingerprint density at radius 3 is 2.44 bits per heavy atom. The van der Waals surface area contributed by atoms with E-state index in [4.69, 9.17) is 14.8 Å². The van der Waals surface area contributed by atoms with Crippen molar-refractivity contribution >= 4 is 10.4 Å². The number of hydrogen-bond donors (Lipinski definition) is 4. The molecule has 18 heavy (non-hydrogen) atoms. The molecule has 104 valence electrons. The van der Waals surface area contributed by atoms with Gasteiger partial charge in [-0.3, -0.25) is 4.55 Å². The van der Waals surface area contributed by atoms with Gasteiger partial charge < -0.3 is 20.1 Å². The van der Waals surface area contributed by atoms with Gasteiger partial charge in [0.2, 0.25) is 0 Å². The average molecular weight is 285 g/mol. The second-order valence-corrected chi connectivity index (χ2v) is 4.55. The first-order chi connectivity index (χ1) is 8.26. The zero-order valence-corrected chi connectivity index (χ0v) is 9.58. The molecule has 11 nitrogen and oxygen atoms in total. The van der Waals surface area contributed by atoms with Crippen molar-refractivity contribution in [2.75, 3.05) is 6.61 Å². The number of aliphatic hydroxyl groups is 3. The summed E-state index contributed by atoms with van der Waals surface area (Å²) in [6.07, 6.45) is -6.48. The van der Waals surface area contributed by atoms with Gasteiger partial charge in [-0.1, -0.05) is 5.11 Å². The highest BCUT2D eigenvalue weighted by molar-refractivity contribution is 7.80. The molecule has 0 aromatic heterocycles. The van der Waals surface area contributed by atoms with Gasteiger partial charge in [0.05, 0.1) is 12.7 Å². The normalized spacial score (nSPS) is 37.0. The van der Waals surface area contributed by atoms with E-state index in [-0.39, 0.29) is 0 Å². The number of aliphatic hydroxyl groups excluding tert-OH is 3. The average Bonchev–Trinajstić information content (AvgIpc) is 2.26. The van der Waals surface area contributed by atoms with Crippen LogP contribution >= 0.6 is 0 Å². The summed E-state index contributed by atoms with van der Waals surface area (Å²) in [5, 5.41) is 31.4. The Balaban J connectivity index is 2.72. The molecule has 0 spiro atoms. The summed E-state index contributed by atoms with van der Waals surface area (Å²) in [6, 6.07) is -1.44. The minimum Gasteiger partial charge on any atom is -0.390 e. The standard InChI is InChI=1S/C6H11N3O8S/c7-9-8-3-5(11)4(10)2(17-6(3)12)1-16-18(13,14)15/h2-6,10-12H,1H2,(H,13,14,15)/t2?,3?,4-,5-,6-/m1/s1. The molecule has 0 amide bonds. The van der Waals surface area contributed by atoms with Crippen LogP contribution in [0.2, 0.25) is 0 Å². The van der Waals surface area contributed by atoms with Crippen LogP contribution in [0.4, 0.5) is 0 Å². The fourth-order valence-corrected chi connectivity index (χ4v) is 1.71. The molecule has 1 saturated heterocycles. The topological polar surface area (TPSA) is 182 Å². The van der Waals surface area contributed by atoms with E-state index >= 15 is 0 Å². The molecular formula is C6H11N3O8S. The van der Waals surface area contributed by atoms with Gasteiger partial charge in [-0.05, 0) is 5.53 Å². The molecule has 1 heterocycles. The van der Waals surface area contributed by atoms with E-state index in [9.17, 15) is 23.7 Å². The first kappa shape index (κ1) is 15.1. The third-order valence-electron chi connectivity index (χ3n) is 2.25. The SMILES string of the molecule is [N-]=[N+]=NC1[C@H](O)OC(COS(=O)(=O)O)[C@@H](O)[C@@H]1O. The molecule has 0 radical (unpaired) electrons. The highest BCUT2D eigenvalue weighted by Gasteiger charge is 2.43. The lowest BCUT2D eigenvalue weighted by molar-refractivity contribution is -0.247. The van der Waals surface area contributed by atoms with Crippen molar-refractivity contribution in [3.63, 3.8) is 0 Å². The minimum absolute atomic E-state index is 0.822. The molecule has 1 aliphatic rings. The van der Waals surface area contributed by atoms with Crippen molar-refractivity contribution in [2.24, 2.45) is 5.11 Å². The minimum atomic E-state index is -4.74. The molecule has 0 aliphatic carbocycles. The van der Waals surface area contributed by atoms with Crippen molar-refractivity contribution in [3.05, 3.63) is 10.4 Å². The first-order valence-electron chi connectivity index (χ1n) is 4.62. The van der Waals surface area contributed by atoms with Gasteiger partial charge in [0.25, 0.3) is 0 Å². The molecule has 0 aromatic rings. The maximum atomic E-state index is 10.3. The quantitative estimate of drug-likeness (QED) is 0.196. The van der Waals surface area contributed by atoms with Crippen molar-refractivity contribution in [2.45, 2.75) is 30.6 Å². The van der Waals surface area contributed by atoms with Gasteiger partial charge in [-0.15, -0.1) is 0 Å². The van der Waals surface area contributed by atoms with Gasteiger partial charge in [0.1, 0.15) is 18.2 Å². The maximum absolute atomic E-state index is 10.3. The Morgan fingerprint density at radius 2 is 1.94 bits per heavy atom. The predicted octanol–water partition coefficient (Wildman–Crippen LogP) is -2.08. The van der Waals surface area contributed by atoms with Crippen LogP contribution in [0.3, 0.4) is 0 Å². The van der Waals surface area contributed by atoms with Crippen molar-refractivity contribution in [1.29, 1.82) is 0 Å². The smallest absolute Gasteiger partial charge is 0.390 e.